The first kappa shape index (κ1) is 14.0. The average Bonchev–Trinajstić information content (AvgIpc) is 3.01. The summed E-state index contributed by atoms with van der Waals surface area (Å²) in [7, 11) is 0. The molecule has 2 aliphatic rings. The minimum atomic E-state index is 0.176. The fourth-order valence-electron chi connectivity index (χ4n) is 3.42. The maximum absolute atomic E-state index is 12.7. The Bertz CT molecular complexity index is 505. The lowest BCUT2D eigenvalue weighted by molar-refractivity contribution is 0.0711. The number of fused-ring (bicyclic) bond motifs is 1. The molecule has 2 aliphatic heterocycles. The van der Waals surface area contributed by atoms with E-state index in [1.807, 2.05) is 6.07 Å². The highest BCUT2D eigenvalue weighted by molar-refractivity contribution is 9.12. The van der Waals surface area contributed by atoms with Crippen molar-refractivity contribution in [1.29, 1.82) is 0 Å². The molecule has 0 spiro atoms. The van der Waals surface area contributed by atoms with Crippen molar-refractivity contribution in [2.45, 2.75) is 19.4 Å². The molecule has 2 saturated heterocycles. The Balaban J connectivity index is 1.85. The standard InChI is InChI=1S/C13H16Br2N2OS/c1-2-10-9-5-16-4-7(9)6-17(10)13(18)8-3-11(14)19-12(8)15/h3,7,9-10,16H,2,4-6H2,1H3. The molecule has 1 amide bonds. The molecule has 3 nitrogen and oxygen atoms in total. The Hall–Kier alpha value is 0.0900. The van der Waals surface area contributed by atoms with E-state index in [-0.39, 0.29) is 5.91 Å². The summed E-state index contributed by atoms with van der Waals surface area (Å²) >= 11 is 8.51. The fourth-order valence-corrected chi connectivity index (χ4v) is 6.20. The van der Waals surface area contributed by atoms with Crippen LogP contribution in [0.3, 0.4) is 0 Å². The number of nitrogens with one attached hydrogen (secondary N) is 1. The molecular weight excluding hydrogens is 392 g/mol. The van der Waals surface area contributed by atoms with Crippen molar-refractivity contribution >= 4 is 49.1 Å². The van der Waals surface area contributed by atoms with E-state index in [4.69, 9.17) is 0 Å². The van der Waals surface area contributed by atoms with E-state index < -0.39 is 0 Å². The van der Waals surface area contributed by atoms with Crippen LogP contribution in [0.25, 0.3) is 0 Å². The smallest absolute Gasteiger partial charge is 0.256 e. The lowest BCUT2D eigenvalue weighted by atomic mass is 9.93. The van der Waals surface area contributed by atoms with Crippen molar-refractivity contribution < 1.29 is 4.79 Å². The predicted molar refractivity (Wildman–Crippen MR) is 84.7 cm³/mol. The van der Waals surface area contributed by atoms with Gasteiger partial charge in [-0.1, -0.05) is 6.92 Å². The largest absolute Gasteiger partial charge is 0.335 e. The highest BCUT2D eigenvalue weighted by atomic mass is 79.9. The first-order valence-corrected chi connectivity index (χ1v) is 8.98. The molecule has 19 heavy (non-hydrogen) atoms. The van der Waals surface area contributed by atoms with Crippen LogP contribution in [0.2, 0.25) is 0 Å². The quantitative estimate of drug-likeness (QED) is 0.815. The van der Waals surface area contributed by atoms with Crippen molar-refractivity contribution in [3.63, 3.8) is 0 Å². The molecule has 0 aromatic carbocycles. The molecule has 1 N–H and O–H groups in total. The van der Waals surface area contributed by atoms with Gasteiger partial charge in [0.25, 0.3) is 5.91 Å². The number of amides is 1. The monoisotopic (exact) mass is 406 g/mol. The number of rotatable bonds is 2. The zero-order valence-corrected chi connectivity index (χ0v) is 14.6. The summed E-state index contributed by atoms with van der Waals surface area (Å²) in [5, 5.41) is 3.45. The van der Waals surface area contributed by atoms with Gasteiger partial charge in [0.05, 0.1) is 13.1 Å². The Labute approximate surface area is 134 Å². The highest BCUT2D eigenvalue weighted by Gasteiger charge is 2.45. The van der Waals surface area contributed by atoms with Gasteiger partial charge in [-0.3, -0.25) is 4.79 Å². The second kappa shape index (κ2) is 5.47. The average molecular weight is 408 g/mol. The Kier molecular flexibility index (Phi) is 4.04. The maximum atomic E-state index is 12.7. The second-order valence-electron chi connectivity index (χ2n) is 5.25. The van der Waals surface area contributed by atoms with E-state index in [9.17, 15) is 4.79 Å². The van der Waals surface area contributed by atoms with Crippen LogP contribution < -0.4 is 5.32 Å². The molecule has 3 atom stereocenters. The van der Waals surface area contributed by atoms with Gasteiger partial charge in [0, 0.05) is 25.7 Å². The van der Waals surface area contributed by atoms with E-state index in [0.717, 1.165) is 39.2 Å². The molecule has 0 saturated carbocycles. The van der Waals surface area contributed by atoms with E-state index in [1.165, 1.54) is 0 Å². The number of halogens is 2. The van der Waals surface area contributed by atoms with Gasteiger partial charge in [-0.25, -0.2) is 0 Å². The zero-order valence-electron chi connectivity index (χ0n) is 10.7. The number of thiophene rings is 1. The summed E-state index contributed by atoms with van der Waals surface area (Å²) in [6.07, 6.45) is 1.04. The molecule has 1 aromatic rings. The minimum absolute atomic E-state index is 0.176. The summed E-state index contributed by atoms with van der Waals surface area (Å²) in [6, 6.07) is 2.31. The van der Waals surface area contributed by atoms with E-state index in [2.05, 4.69) is 49.0 Å². The normalized spacial score (nSPS) is 29.8. The van der Waals surface area contributed by atoms with E-state index >= 15 is 0 Å². The lowest BCUT2D eigenvalue weighted by Crippen LogP contribution is -2.39. The molecule has 2 fully saturated rings. The van der Waals surface area contributed by atoms with Crippen LogP contribution in [-0.4, -0.2) is 36.5 Å². The molecule has 3 heterocycles. The Morgan fingerprint density at radius 3 is 2.95 bits per heavy atom. The number of carbonyl (C=O) groups excluding carboxylic acids is 1. The van der Waals surface area contributed by atoms with Crippen LogP contribution in [0.15, 0.2) is 13.6 Å². The lowest BCUT2D eigenvalue weighted by Gasteiger charge is -2.26. The predicted octanol–water partition coefficient (Wildman–Crippen LogP) is 3.34. The number of nitrogens with zero attached hydrogens (tertiary/aromatic N) is 1. The molecule has 1 aromatic heterocycles. The number of hydrogen-bond acceptors (Lipinski definition) is 3. The third kappa shape index (κ3) is 2.41. The molecule has 0 radical (unpaired) electrons. The van der Waals surface area contributed by atoms with Gasteiger partial charge in [-0.05, 0) is 56.2 Å². The SMILES string of the molecule is CCC1C2CNCC2CN1C(=O)c1cc(Br)sc1Br. The molecule has 3 unspecified atom stereocenters. The Morgan fingerprint density at radius 2 is 2.32 bits per heavy atom. The van der Waals surface area contributed by atoms with Crippen molar-refractivity contribution in [2.24, 2.45) is 11.8 Å². The van der Waals surface area contributed by atoms with E-state index in [1.54, 1.807) is 11.3 Å². The summed E-state index contributed by atoms with van der Waals surface area (Å²) in [4.78, 5) is 14.8. The zero-order chi connectivity index (χ0) is 13.6. The van der Waals surface area contributed by atoms with Gasteiger partial charge < -0.3 is 10.2 Å². The highest BCUT2D eigenvalue weighted by Crippen LogP contribution is 2.38. The molecule has 3 rings (SSSR count). The van der Waals surface area contributed by atoms with Crippen molar-refractivity contribution in [1.82, 2.24) is 10.2 Å². The molecule has 0 aliphatic carbocycles. The number of hydrogen-bond donors (Lipinski definition) is 1. The molecular formula is C13H16Br2N2OS. The first-order chi connectivity index (χ1) is 9.11. The fraction of sp³-hybridized carbons (Fsp3) is 0.615. The molecule has 0 bridgehead atoms. The van der Waals surface area contributed by atoms with Crippen LogP contribution in [0.1, 0.15) is 23.7 Å². The van der Waals surface area contributed by atoms with Crippen LogP contribution in [0.4, 0.5) is 0 Å². The summed E-state index contributed by atoms with van der Waals surface area (Å²) in [5.41, 5.74) is 0.795. The van der Waals surface area contributed by atoms with Gasteiger partial charge in [0.2, 0.25) is 0 Å². The summed E-state index contributed by atoms with van der Waals surface area (Å²) in [6.45, 7) is 5.19. The first-order valence-electron chi connectivity index (χ1n) is 6.58. The van der Waals surface area contributed by atoms with Crippen molar-refractivity contribution in [3.8, 4) is 0 Å². The van der Waals surface area contributed by atoms with Gasteiger partial charge in [0.15, 0.2) is 0 Å². The Morgan fingerprint density at radius 1 is 1.53 bits per heavy atom. The van der Waals surface area contributed by atoms with Crippen molar-refractivity contribution in [3.05, 3.63) is 19.2 Å². The summed E-state index contributed by atoms with van der Waals surface area (Å²) in [5.74, 6) is 1.44. The van der Waals surface area contributed by atoms with Gasteiger partial charge in [-0.2, -0.15) is 0 Å². The third-order valence-corrected chi connectivity index (χ3v) is 6.62. The summed E-state index contributed by atoms with van der Waals surface area (Å²) < 4.78 is 1.92. The minimum Gasteiger partial charge on any atom is -0.335 e. The van der Waals surface area contributed by atoms with Gasteiger partial charge in [0.1, 0.15) is 0 Å². The van der Waals surface area contributed by atoms with E-state index in [0.29, 0.717) is 17.9 Å². The third-order valence-electron chi connectivity index (χ3n) is 4.28. The van der Waals surface area contributed by atoms with Gasteiger partial charge >= 0.3 is 0 Å². The number of carbonyl (C=O) groups is 1. The van der Waals surface area contributed by atoms with Crippen LogP contribution >= 0.6 is 43.2 Å². The number of likely N-dealkylation sites (tertiary alicyclic amines) is 1. The second-order valence-corrected chi connectivity index (χ2v) is 9.00. The van der Waals surface area contributed by atoms with Crippen LogP contribution in [0.5, 0.6) is 0 Å². The molecule has 104 valence electrons. The van der Waals surface area contributed by atoms with Gasteiger partial charge in [-0.15, -0.1) is 11.3 Å². The van der Waals surface area contributed by atoms with Crippen LogP contribution in [0, 0.1) is 11.8 Å². The topological polar surface area (TPSA) is 32.3 Å². The molecule has 6 heteroatoms. The maximum Gasteiger partial charge on any atom is 0.256 e. The van der Waals surface area contributed by atoms with Crippen LogP contribution in [-0.2, 0) is 0 Å². The van der Waals surface area contributed by atoms with Crippen molar-refractivity contribution in [2.75, 3.05) is 19.6 Å².